The van der Waals surface area contributed by atoms with Crippen molar-refractivity contribution in [1.29, 1.82) is 0 Å². The van der Waals surface area contributed by atoms with E-state index in [1.54, 1.807) is 6.08 Å². The number of aliphatic hydroxyl groups excluding tert-OH is 2. The number of aliphatic hydroxyl groups is 2. The minimum atomic E-state index is -0.845. The molecule has 0 fully saturated rings. The van der Waals surface area contributed by atoms with Crippen molar-refractivity contribution in [2.24, 2.45) is 0 Å². The molecule has 0 aliphatic rings. The van der Waals surface area contributed by atoms with Gasteiger partial charge >= 0.3 is 5.97 Å². The summed E-state index contributed by atoms with van der Waals surface area (Å²) in [7, 11) is 0. The van der Waals surface area contributed by atoms with Gasteiger partial charge in [-0.2, -0.15) is 0 Å². The summed E-state index contributed by atoms with van der Waals surface area (Å²) in [5, 5.41) is 23.0. The molecular weight excluding hydrogens is 743 g/mol. The molecule has 1 amide bonds. The van der Waals surface area contributed by atoms with E-state index >= 15 is 0 Å². The molecule has 0 spiro atoms. The number of ether oxygens (including phenoxy) is 1. The Hall–Kier alpha value is -1.40. The molecule has 0 saturated carbocycles. The highest BCUT2D eigenvalue weighted by atomic mass is 16.5. The van der Waals surface area contributed by atoms with Crippen LogP contribution in [0.4, 0.5) is 0 Å². The molecule has 356 valence electrons. The van der Waals surface area contributed by atoms with Crippen LogP contribution < -0.4 is 5.32 Å². The summed E-state index contributed by atoms with van der Waals surface area (Å²) in [6.07, 6.45) is 57.9. The summed E-state index contributed by atoms with van der Waals surface area (Å²) in [5.41, 5.74) is 0. The number of amides is 1. The van der Waals surface area contributed by atoms with Gasteiger partial charge in [-0.05, 0) is 32.1 Å². The van der Waals surface area contributed by atoms with Gasteiger partial charge in [-0.1, -0.05) is 264 Å². The highest BCUT2D eigenvalue weighted by molar-refractivity contribution is 5.76. The van der Waals surface area contributed by atoms with Crippen molar-refractivity contribution in [3.8, 4) is 0 Å². The van der Waals surface area contributed by atoms with E-state index in [0.29, 0.717) is 19.4 Å². The van der Waals surface area contributed by atoms with Crippen LogP contribution in [0.15, 0.2) is 12.2 Å². The summed E-state index contributed by atoms with van der Waals surface area (Å²) in [6, 6.07) is -0.629. The number of hydrogen-bond donors (Lipinski definition) is 3. The molecule has 60 heavy (non-hydrogen) atoms. The van der Waals surface area contributed by atoms with Crippen LogP contribution >= 0.6 is 0 Å². The predicted octanol–water partition coefficient (Wildman–Crippen LogP) is 16.1. The summed E-state index contributed by atoms with van der Waals surface area (Å²) in [4.78, 5) is 24.4. The molecule has 0 aromatic carbocycles. The van der Waals surface area contributed by atoms with Crippen molar-refractivity contribution >= 4 is 11.9 Å². The number of carbonyl (C=O) groups is 2. The Kier molecular flexibility index (Phi) is 49.1. The minimum Gasteiger partial charge on any atom is -0.466 e. The zero-order valence-corrected chi connectivity index (χ0v) is 40.5. The van der Waals surface area contributed by atoms with Gasteiger partial charge in [0.1, 0.15) is 0 Å². The third-order valence-corrected chi connectivity index (χ3v) is 12.6. The smallest absolute Gasteiger partial charge is 0.305 e. The lowest BCUT2D eigenvalue weighted by Gasteiger charge is -2.20. The lowest BCUT2D eigenvalue weighted by molar-refractivity contribution is -0.143. The Bertz CT molecular complexity index is 893. The maximum Gasteiger partial charge on any atom is 0.305 e. The first-order chi connectivity index (χ1) is 29.5. The number of esters is 1. The summed E-state index contributed by atoms with van der Waals surface area (Å²) < 4.78 is 5.48. The average molecular weight is 848 g/mol. The van der Waals surface area contributed by atoms with Gasteiger partial charge in [0.05, 0.1) is 25.4 Å². The number of carbonyl (C=O) groups excluding carboxylic acids is 2. The van der Waals surface area contributed by atoms with Gasteiger partial charge in [0.25, 0.3) is 0 Å². The zero-order valence-electron chi connectivity index (χ0n) is 40.5. The van der Waals surface area contributed by atoms with E-state index in [9.17, 15) is 19.8 Å². The van der Waals surface area contributed by atoms with Gasteiger partial charge in [-0.15, -0.1) is 0 Å². The van der Waals surface area contributed by atoms with Gasteiger partial charge in [0.2, 0.25) is 5.91 Å². The molecule has 6 nitrogen and oxygen atoms in total. The number of nitrogens with one attached hydrogen (secondary N) is 1. The molecule has 2 unspecified atom stereocenters. The molecule has 0 heterocycles. The summed E-state index contributed by atoms with van der Waals surface area (Å²) in [6.45, 7) is 4.89. The van der Waals surface area contributed by atoms with Crippen LogP contribution in [-0.4, -0.2) is 47.4 Å². The normalized spacial score (nSPS) is 12.7. The van der Waals surface area contributed by atoms with E-state index in [0.717, 1.165) is 38.5 Å². The molecule has 0 aromatic rings. The van der Waals surface area contributed by atoms with Crippen molar-refractivity contribution < 1.29 is 24.5 Å². The van der Waals surface area contributed by atoms with Gasteiger partial charge in [-0.3, -0.25) is 9.59 Å². The van der Waals surface area contributed by atoms with Crippen LogP contribution in [0.5, 0.6) is 0 Å². The maximum atomic E-state index is 12.4. The van der Waals surface area contributed by atoms with E-state index in [-0.39, 0.29) is 18.5 Å². The first kappa shape index (κ1) is 58.6. The van der Waals surface area contributed by atoms with Crippen LogP contribution in [0.2, 0.25) is 0 Å². The molecule has 6 heteroatoms. The molecule has 0 aromatic heterocycles. The van der Waals surface area contributed by atoms with E-state index in [1.807, 2.05) is 6.08 Å². The highest BCUT2D eigenvalue weighted by Crippen LogP contribution is 2.17. The van der Waals surface area contributed by atoms with Gasteiger partial charge in [-0.25, -0.2) is 0 Å². The Morgan fingerprint density at radius 3 is 1.13 bits per heavy atom. The Morgan fingerprint density at radius 1 is 0.450 bits per heavy atom. The minimum absolute atomic E-state index is 0.00735. The average Bonchev–Trinajstić information content (AvgIpc) is 3.25. The second kappa shape index (κ2) is 50.2. The lowest BCUT2D eigenvalue weighted by atomic mass is 10.0. The molecular formula is C54H105NO5. The van der Waals surface area contributed by atoms with Crippen molar-refractivity contribution in [3.05, 3.63) is 12.2 Å². The van der Waals surface area contributed by atoms with Crippen LogP contribution in [0.3, 0.4) is 0 Å². The van der Waals surface area contributed by atoms with Crippen LogP contribution in [0, 0.1) is 0 Å². The fourth-order valence-electron chi connectivity index (χ4n) is 8.40. The van der Waals surface area contributed by atoms with Crippen LogP contribution in [-0.2, 0) is 14.3 Å². The predicted molar refractivity (Wildman–Crippen MR) is 260 cm³/mol. The second-order valence-corrected chi connectivity index (χ2v) is 18.6. The fourth-order valence-corrected chi connectivity index (χ4v) is 8.40. The number of allylic oxidation sites excluding steroid dienone is 1. The molecule has 0 radical (unpaired) electrons. The molecule has 0 aliphatic carbocycles. The molecule has 0 saturated heterocycles. The maximum absolute atomic E-state index is 12.4. The summed E-state index contributed by atoms with van der Waals surface area (Å²) in [5.74, 6) is -0.0663. The molecule has 3 N–H and O–H groups in total. The van der Waals surface area contributed by atoms with Gasteiger partial charge in [0, 0.05) is 12.8 Å². The Labute approximate surface area is 374 Å². The fraction of sp³-hybridized carbons (Fsp3) is 0.926. The van der Waals surface area contributed by atoms with Crippen molar-refractivity contribution in [1.82, 2.24) is 5.32 Å². The number of unbranched alkanes of at least 4 members (excludes halogenated alkanes) is 39. The third kappa shape index (κ3) is 46.1. The molecule has 0 rings (SSSR count). The zero-order chi connectivity index (χ0) is 43.7. The van der Waals surface area contributed by atoms with Crippen molar-refractivity contribution in [3.63, 3.8) is 0 Å². The van der Waals surface area contributed by atoms with Crippen LogP contribution in [0.1, 0.15) is 296 Å². The van der Waals surface area contributed by atoms with Gasteiger partial charge in [0.15, 0.2) is 0 Å². The third-order valence-electron chi connectivity index (χ3n) is 12.6. The largest absolute Gasteiger partial charge is 0.466 e. The van der Waals surface area contributed by atoms with Crippen molar-refractivity contribution in [2.75, 3.05) is 13.2 Å². The van der Waals surface area contributed by atoms with E-state index in [4.69, 9.17) is 4.74 Å². The summed E-state index contributed by atoms with van der Waals surface area (Å²) >= 11 is 0. The van der Waals surface area contributed by atoms with Crippen LogP contribution in [0.25, 0.3) is 0 Å². The van der Waals surface area contributed by atoms with E-state index in [1.165, 1.54) is 231 Å². The molecule has 0 bridgehead atoms. The topological polar surface area (TPSA) is 95.9 Å². The Balaban J connectivity index is 3.40. The van der Waals surface area contributed by atoms with E-state index < -0.39 is 12.1 Å². The molecule has 2 atom stereocenters. The van der Waals surface area contributed by atoms with E-state index in [2.05, 4.69) is 19.2 Å². The lowest BCUT2D eigenvalue weighted by Crippen LogP contribution is -2.45. The quantitative estimate of drug-likeness (QED) is 0.0322. The second-order valence-electron chi connectivity index (χ2n) is 18.6. The first-order valence-electron chi connectivity index (χ1n) is 27.0. The first-order valence-corrected chi connectivity index (χ1v) is 27.0. The number of hydrogen-bond acceptors (Lipinski definition) is 5. The standard InChI is InChI=1S/C54H105NO5/c1-3-5-7-9-11-13-15-16-20-24-28-32-36-40-44-48-54(59)60-49-45-41-37-33-29-25-22-19-17-18-21-23-27-31-35-39-43-47-53(58)55-51(50-56)52(57)46-42-38-34-30-26-14-12-10-8-6-4-2/h42,46,51-52,56-57H,3-41,43-45,47-50H2,1-2H3,(H,55,58)/b46-42+. The molecule has 0 aliphatic heterocycles. The SMILES string of the molecule is CCCCCCCCCCC/C=C/C(O)C(CO)NC(=O)CCCCCCCCCCCCCCCCCCCOC(=O)CCCCCCCCCCCCCCCCC. The Morgan fingerprint density at radius 2 is 0.767 bits per heavy atom. The van der Waals surface area contributed by atoms with Gasteiger partial charge < -0.3 is 20.3 Å². The van der Waals surface area contributed by atoms with Crippen molar-refractivity contribution in [2.45, 2.75) is 309 Å². The number of rotatable bonds is 50. The highest BCUT2D eigenvalue weighted by Gasteiger charge is 2.18. The monoisotopic (exact) mass is 848 g/mol.